The first-order chi connectivity index (χ1) is 13.7. The van der Waals surface area contributed by atoms with Crippen molar-refractivity contribution in [1.29, 1.82) is 0 Å². The second kappa shape index (κ2) is 12.3. The molecule has 0 aromatic heterocycles. The molecule has 0 aliphatic rings. The summed E-state index contributed by atoms with van der Waals surface area (Å²) < 4.78 is 4.60. The molecule has 3 atom stereocenters. The van der Waals surface area contributed by atoms with Crippen LogP contribution in [-0.4, -0.2) is 55.5 Å². The molecule has 0 saturated carbocycles. The van der Waals surface area contributed by atoms with Crippen molar-refractivity contribution in [3.63, 3.8) is 0 Å². The van der Waals surface area contributed by atoms with E-state index in [2.05, 4.69) is 20.4 Å². The molecule has 10 heteroatoms. The van der Waals surface area contributed by atoms with Crippen LogP contribution in [0, 0.1) is 0 Å². The molecule has 10 nitrogen and oxygen atoms in total. The number of guanidine groups is 1. The van der Waals surface area contributed by atoms with Crippen LogP contribution in [0.2, 0.25) is 0 Å². The van der Waals surface area contributed by atoms with Crippen LogP contribution >= 0.6 is 0 Å². The molecule has 8 N–H and O–H groups in total. The highest BCUT2D eigenvalue weighted by Gasteiger charge is 2.26. The number of esters is 1. The average Bonchev–Trinajstić information content (AvgIpc) is 2.69. The Labute approximate surface area is 170 Å². The first-order valence-electron chi connectivity index (χ1n) is 9.28. The van der Waals surface area contributed by atoms with Crippen LogP contribution in [-0.2, 0) is 25.5 Å². The lowest BCUT2D eigenvalue weighted by Crippen LogP contribution is -2.54. The van der Waals surface area contributed by atoms with Crippen molar-refractivity contribution in [3.8, 4) is 0 Å². The van der Waals surface area contributed by atoms with E-state index in [9.17, 15) is 14.4 Å². The Morgan fingerprint density at radius 1 is 1.10 bits per heavy atom. The third-order valence-electron chi connectivity index (χ3n) is 4.13. The number of nitrogens with zero attached hydrogens (tertiary/aromatic N) is 1. The maximum absolute atomic E-state index is 12.6. The normalized spacial score (nSPS) is 13.5. The van der Waals surface area contributed by atoms with Gasteiger partial charge in [-0.1, -0.05) is 30.3 Å². The van der Waals surface area contributed by atoms with Gasteiger partial charge in [-0.15, -0.1) is 0 Å². The summed E-state index contributed by atoms with van der Waals surface area (Å²) in [7, 11) is 1.22. The second-order valence-corrected chi connectivity index (χ2v) is 6.56. The molecule has 0 radical (unpaired) electrons. The molecule has 160 valence electrons. The van der Waals surface area contributed by atoms with Gasteiger partial charge in [-0.2, -0.15) is 0 Å². The Morgan fingerprint density at radius 2 is 1.76 bits per heavy atom. The van der Waals surface area contributed by atoms with Crippen molar-refractivity contribution in [2.45, 2.75) is 44.3 Å². The van der Waals surface area contributed by atoms with E-state index in [1.54, 1.807) is 0 Å². The fourth-order valence-electron chi connectivity index (χ4n) is 2.56. The summed E-state index contributed by atoms with van der Waals surface area (Å²) in [4.78, 5) is 40.5. The zero-order chi connectivity index (χ0) is 21.8. The van der Waals surface area contributed by atoms with Crippen molar-refractivity contribution in [2.75, 3.05) is 13.7 Å². The van der Waals surface area contributed by atoms with Crippen molar-refractivity contribution in [2.24, 2.45) is 22.2 Å². The number of aliphatic imine (C=N–C) groups is 1. The summed E-state index contributed by atoms with van der Waals surface area (Å²) in [5, 5.41) is 5.17. The number of rotatable bonds is 11. The van der Waals surface area contributed by atoms with Gasteiger partial charge in [0, 0.05) is 6.54 Å². The topological polar surface area (TPSA) is 175 Å². The molecule has 0 saturated heterocycles. The number of benzene rings is 1. The number of hydrogen-bond donors (Lipinski definition) is 5. The van der Waals surface area contributed by atoms with E-state index >= 15 is 0 Å². The van der Waals surface area contributed by atoms with Crippen molar-refractivity contribution in [1.82, 2.24) is 10.6 Å². The molecule has 0 aliphatic heterocycles. The lowest BCUT2D eigenvalue weighted by molar-refractivity contribution is -0.144. The lowest BCUT2D eigenvalue weighted by Gasteiger charge is -2.22. The van der Waals surface area contributed by atoms with Crippen LogP contribution in [0.3, 0.4) is 0 Å². The van der Waals surface area contributed by atoms with Crippen LogP contribution in [0.15, 0.2) is 35.3 Å². The SMILES string of the molecule is COC(=O)[C@H](C)NC(=O)[C@H](CCCN=C(N)N)NC(=O)[C@@H](N)Cc1ccccc1. The van der Waals surface area contributed by atoms with Gasteiger partial charge in [0.2, 0.25) is 11.8 Å². The molecule has 0 heterocycles. The minimum Gasteiger partial charge on any atom is -0.467 e. The Balaban J connectivity index is 2.74. The molecule has 2 amide bonds. The molecule has 29 heavy (non-hydrogen) atoms. The largest absolute Gasteiger partial charge is 0.467 e. The summed E-state index contributed by atoms with van der Waals surface area (Å²) in [5.41, 5.74) is 17.5. The average molecular weight is 406 g/mol. The van der Waals surface area contributed by atoms with Gasteiger partial charge < -0.3 is 32.6 Å². The number of nitrogens with one attached hydrogen (secondary N) is 2. The minimum absolute atomic E-state index is 0.0563. The lowest BCUT2D eigenvalue weighted by atomic mass is 10.0. The minimum atomic E-state index is -0.898. The summed E-state index contributed by atoms with van der Waals surface area (Å²) in [6, 6.07) is 6.72. The van der Waals surface area contributed by atoms with Crippen molar-refractivity contribution in [3.05, 3.63) is 35.9 Å². The van der Waals surface area contributed by atoms with Crippen LogP contribution in [0.1, 0.15) is 25.3 Å². The van der Waals surface area contributed by atoms with E-state index < -0.39 is 35.9 Å². The van der Waals surface area contributed by atoms with Gasteiger partial charge in [0.25, 0.3) is 0 Å². The molecule has 0 fully saturated rings. The molecular weight excluding hydrogens is 376 g/mol. The van der Waals surface area contributed by atoms with E-state index in [1.165, 1.54) is 14.0 Å². The van der Waals surface area contributed by atoms with Crippen LogP contribution < -0.4 is 27.8 Å². The number of ether oxygens (including phenoxy) is 1. The van der Waals surface area contributed by atoms with Crippen LogP contribution in [0.4, 0.5) is 0 Å². The molecular formula is C19H30N6O4. The van der Waals surface area contributed by atoms with Crippen molar-refractivity contribution >= 4 is 23.7 Å². The summed E-state index contributed by atoms with van der Waals surface area (Å²) in [6.45, 7) is 1.79. The van der Waals surface area contributed by atoms with E-state index in [0.717, 1.165) is 5.56 Å². The van der Waals surface area contributed by atoms with E-state index in [4.69, 9.17) is 17.2 Å². The number of hydrogen-bond acceptors (Lipinski definition) is 6. The fourth-order valence-corrected chi connectivity index (χ4v) is 2.56. The molecule has 0 aliphatic carbocycles. The monoisotopic (exact) mass is 406 g/mol. The Bertz CT molecular complexity index is 706. The maximum Gasteiger partial charge on any atom is 0.328 e. The van der Waals surface area contributed by atoms with Gasteiger partial charge in [-0.3, -0.25) is 14.6 Å². The highest BCUT2D eigenvalue weighted by atomic mass is 16.5. The number of carbonyl (C=O) groups excluding carboxylic acids is 3. The molecule has 0 spiro atoms. The Hall–Kier alpha value is -3.14. The van der Waals surface area contributed by atoms with Gasteiger partial charge in [-0.25, -0.2) is 4.79 Å². The quantitative estimate of drug-likeness (QED) is 0.132. The maximum atomic E-state index is 12.6. The van der Waals surface area contributed by atoms with Crippen molar-refractivity contribution < 1.29 is 19.1 Å². The third kappa shape index (κ3) is 9.06. The number of methoxy groups -OCH3 is 1. The van der Waals surface area contributed by atoms with Gasteiger partial charge in [0.1, 0.15) is 12.1 Å². The molecule has 1 aromatic rings. The Morgan fingerprint density at radius 3 is 2.34 bits per heavy atom. The number of carbonyl (C=O) groups is 3. The van der Waals surface area contributed by atoms with E-state index in [0.29, 0.717) is 19.4 Å². The molecule has 1 rings (SSSR count). The number of amides is 2. The van der Waals surface area contributed by atoms with Crippen LogP contribution in [0.5, 0.6) is 0 Å². The second-order valence-electron chi connectivity index (χ2n) is 6.56. The zero-order valence-corrected chi connectivity index (χ0v) is 16.8. The summed E-state index contributed by atoms with van der Waals surface area (Å²) >= 11 is 0. The van der Waals surface area contributed by atoms with E-state index in [-0.39, 0.29) is 12.4 Å². The van der Waals surface area contributed by atoms with E-state index in [1.807, 2.05) is 30.3 Å². The van der Waals surface area contributed by atoms with Gasteiger partial charge in [-0.05, 0) is 31.7 Å². The summed E-state index contributed by atoms with van der Waals surface area (Å²) in [6.07, 6.45) is 1.03. The smallest absolute Gasteiger partial charge is 0.328 e. The van der Waals surface area contributed by atoms with Gasteiger partial charge >= 0.3 is 5.97 Å². The third-order valence-corrected chi connectivity index (χ3v) is 4.13. The number of nitrogens with two attached hydrogens (primary N) is 3. The highest BCUT2D eigenvalue weighted by Crippen LogP contribution is 2.04. The molecule has 1 aromatic carbocycles. The first kappa shape index (κ1) is 23.9. The van der Waals surface area contributed by atoms with Gasteiger partial charge in [0.05, 0.1) is 13.2 Å². The van der Waals surface area contributed by atoms with Crippen LogP contribution in [0.25, 0.3) is 0 Å². The molecule has 0 unspecified atom stereocenters. The molecule has 0 bridgehead atoms. The zero-order valence-electron chi connectivity index (χ0n) is 16.8. The summed E-state index contributed by atoms with van der Waals surface area (Å²) in [5.74, 6) is -1.64. The first-order valence-corrected chi connectivity index (χ1v) is 9.28. The predicted molar refractivity (Wildman–Crippen MR) is 110 cm³/mol. The standard InChI is InChI=1S/C19H30N6O4/c1-12(18(28)29-2)24-17(27)15(9-6-10-23-19(21)22)25-16(26)14(20)11-13-7-4-3-5-8-13/h3-5,7-8,12,14-15H,6,9-11,20H2,1-2H3,(H,24,27)(H,25,26)(H4,21,22,23)/t12-,14-,15-/m0/s1. The predicted octanol–water partition coefficient (Wildman–Crippen LogP) is -1.23. The Kier molecular flexibility index (Phi) is 10.2. The van der Waals surface area contributed by atoms with Gasteiger partial charge in [0.15, 0.2) is 5.96 Å². The fraction of sp³-hybridized carbons (Fsp3) is 0.474. The highest BCUT2D eigenvalue weighted by molar-refractivity contribution is 5.92.